The average molecular weight is 412 g/mol. The number of methoxy groups -OCH3 is 1. The molecular formula is C17H18BrNO4S. The van der Waals surface area contributed by atoms with Gasteiger partial charge in [0.25, 0.3) is 0 Å². The Hall–Kier alpha value is -1.70. The minimum Gasteiger partial charge on any atom is -0.497 e. The van der Waals surface area contributed by atoms with Crippen molar-refractivity contribution in [1.82, 2.24) is 4.31 Å². The van der Waals surface area contributed by atoms with E-state index in [1.54, 1.807) is 43.5 Å². The average Bonchev–Trinajstić information content (AvgIpc) is 2.59. The van der Waals surface area contributed by atoms with E-state index in [0.29, 0.717) is 10.2 Å². The molecule has 0 atom stereocenters. The molecule has 0 unspecified atom stereocenters. The standard InChI is InChI=1S/C17H18BrNO4S/c1-23-15-9-7-14(8-10-15)13-19(11-4-12-20)24(21,22)17-6-3-2-5-16(17)18/h2-3,5-10,12H,4,11,13H2,1H3. The van der Waals surface area contributed by atoms with Crippen LogP contribution in [0.5, 0.6) is 5.75 Å². The van der Waals surface area contributed by atoms with Crippen LogP contribution in [-0.2, 0) is 21.4 Å². The first-order valence-corrected chi connectivity index (χ1v) is 9.53. The highest BCUT2D eigenvalue weighted by molar-refractivity contribution is 9.10. The van der Waals surface area contributed by atoms with Crippen LogP contribution in [0.4, 0.5) is 0 Å². The smallest absolute Gasteiger partial charge is 0.244 e. The van der Waals surface area contributed by atoms with Crippen LogP contribution in [0, 0.1) is 0 Å². The summed E-state index contributed by atoms with van der Waals surface area (Å²) in [6.45, 7) is 0.306. The molecule has 5 nitrogen and oxygen atoms in total. The molecule has 2 rings (SSSR count). The van der Waals surface area contributed by atoms with E-state index in [0.717, 1.165) is 11.8 Å². The summed E-state index contributed by atoms with van der Waals surface area (Å²) in [7, 11) is -2.15. The molecule has 0 amide bonds. The molecule has 0 bridgehead atoms. The maximum atomic E-state index is 12.9. The van der Waals surface area contributed by atoms with Gasteiger partial charge in [0.15, 0.2) is 0 Å². The Labute approximate surface area is 150 Å². The molecule has 0 spiro atoms. The van der Waals surface area contributed by atoms with Crippen molar-refractivity contribution >= 4 is 32.2 Å². The fourth-order valence-corrected chi connectivity index (χ4v) is 4.61. The van der Waals surface area contributed by atoms with Crippen molar-refractivity contribution in [3.05, 3.63) is 58.6 Å². The first-order valence-electron chi connectivity index (χ1n) is 7.30. The van der Waals surface area contributed by atoms with Gasteiger partial charge in [-0.2, -0.15) is 4.31 Å². The van der Waals surface area contributed by atoms with Gasteiger partial charge in [0.2, 0.25) is 10.0 Å². The minimum absolute atomic E-state index is 0.124. The zero-order chi connectivity index (χ0) is 17.6. The predicted octanol–water partition coefficient (Wildman–Crippen LogP) is 3.24. The van der Waals surface area contributed by atoms with E-state index in [9.17, 15) is 13.2 Å². The summed E-state index contributed by atoms with van der Waals surface area (Å²) in [4.78, 5) is 10.9. The number of ether oxygens (including phenoxy) is 1. The van der Waals surface area contributed by atoms with Crippen molar-refractivity contribution in [3.63, 3.8) is 0 Å². The third kappa shape index (κ3) is 4.43. The van der Waals surface area contributed by atoms with E-state index >= 15 is 0 Å². The van der Waals surface area contributed by atoms with E-state index in [4.69, 9.17) is 4.74 Å². The quantitative estimate of drug-likeness (QED) is 0.625. The molecule has 0 aliphatic heterocycles. The molecule has 2 aromatic carbocycles. The number of aldehydes is 1. The van der Waals surface area contributed by atoms with Gasteiger partial charge < -0.3 is 9.53 Å². The molecule has 7 heteroatoms. The second kappa shape index (κ2) is 8.41. The van der Waals surface area contributed by atoms with Crippen LogP contribution in [-0.4, -0.2) is 32.7 Å². The lowest BCUT2D eigenvalue weighted by Gasteiger charge is -2.22. The lowest BCUT2D eigenvalue weighted by atomic mass is 10.2. The van der Waals surface area contributed by atoms with Crippen molar-refractivity contribution in [2.45, 2.75) is 17.9 Å². The zero-order valence-electron chi connectivity index (χ0n) is 13.2. The number of halogens is 1. The normalized spacial score (nSPS) is 11.5. The number of benzene rings is 2. The lowest BCUT2D eigenvalue weighted by Crippen LogP contribution is -2.32. The van der Waals surface area contributed by atoms with Gasteiger partial charge >= 0.3 is 0 Å². The summed E-state index contributed by atoms with van der Waals surface area (Å²) in [5, 5.41) is 0. The van der Waals surface area contributed by atoms with Gasteiger partial charge in [-0.05, 0) is 45.8 Å². The number of hydrogen-bond donors (Lipinski definition) is 0. The molecule has 0 fully saturated rings. The van der Waals surface area contributed by atoms with E-state index in [-0.39, 0.29) is 24.4 Å². The van der Waals surface area contributed by atoms with Crippen molar-refractivity contribution in [3.8, 4) is 5.75 Å². The largest absolute Gasteiger partial charge is 0.497 e. The summed E-state index contributed by atoms with van der Waals surface area (Å²) >= 11 is 3.28. The number of nitrogens with zero attached hydrogens (tertiary/aromatic N) is 1. The lowest BCUT2D eigenvalue weighted by molar-refractivity contribution is -0.107. The third-order valence-corrected chi connectivity index (χ3v) is 6.33. The second-order valence-corrected chi connectivity index (χ2v) is 7.83. The number of carbonyl (C=O) groups excluding carboxylic acids is 1. The van der Waals surface area contributed by atoms with Crippen molar-refractivity contribution in [2.75, 3.05) is 13.7 Å². The molecule has 0 heterocycles. The van der Waals surface area contributed by atoms with E-state index in [1.165, 1.54) is 4.31 Å². The maximum absolute atomic E-state index is 12.9. The van der Waals surface area contributed by atoms with Gasteiger partial charge in [-0.3, -0.25) is 0 Å². The molecule has 128 valence electrons. The third-order valence-electron chi connectivity index (χ3n) is 3.47. The molecule has 0 N–H and O–H groups in total. The summed E-state index contributed by atoms with van der Waals surface area (Å²) in [6.07, 6.45) is 0.858. The predicted molar refractivity (Wildman–Crippen MR) is 95.4 cm³/mol. The van der Waals surface area contributed by atoms with Gasteiger partial charge in [-0.1, -0.05) is 24.3 Å². The highest BCUT2D eigenvalue weighted by Gasteiger charge is 2.26. The van der Waals surface area contributed by atoms with E-state index < -0.39 is 10.0 Å². The van der Waals surface area contributed by atoms with Crippen LogP contribution in [0.2, 0.25) is 0 Å². The molecule has 24 heavy (non-hydrogen) atoms. The molecule has 0 saturated heterocycles. The Morgan fingerprint density at radius 3 is 2.38 bits per heavy atom. The number of carbonyl (C=O) groups is 1. The molecular weight excluding hydrogens is 394 g/mol. The summed E-state index contributed by atoms with van der Waals surface area (Å²) < 4.78 is 32.8. The summed E-state index contributed by atoms with van der Waals surface area (Å²) in [5.74, 6) is 0.701. The fraction of sp³-hybridized carbons (Fsp3) is 0.235. The Morgan fingerprint density at radius 2 is 1.79 bits per heavy atom. The Bertz CT molecular complexity index is 790. The van der Waals surface area contributed by atoms with Crippen LogP contribution in [0.1, 0.15) is 12.0 Å². The van der Waals surface area contributed by atoms with Crippen LogP contribution >= 0.6 is 15.9 Å². The first kappa shape index (κ1) is 18.6. The number of rotatable bonds is 8. The molecule has 0 saturated carbocycles. The van der Waals surface area contributed by atoms with Gasteiger partial charge in [0.1, 0.15) is 12.0 Å². The molecule has 0 aromatic heterocycles. The first-order chi connectivity index (χ1) is 11.5. The van der Waals surface area contributed by atoms with Gasteiger partial charge in [0.05, 0.1) is 12.0 Å². The van der Waals surface area contributed by atoms with Crippen molar-refractivity contribution < 1.29 is 17.9 Å². The monoisotopic (exact) mass is 411 g/mol. The molecule has 2 aromatic rings. The van der Waals surface area contributed by atoms with Crippen LogP contribution in [0.15, 0.2) is 57.9 Å². The van der Waals surface area contributed by atoms with Crippen LogP contribution in [0.3, 0.4) is 0 Å². The summed E-state index contributed by atoms with van der Waals surface area (Å²) in [6, 6.07) is 13.8. The van der Waals surface area contributed by atoms with E-state index in [2.05, 4.69) is 15.9 Å². The maximum Gasteiger partial charge on any atom is 0.244 e. The fourth-order valence-electron chi connectivity index (χ4n) is 2.21. The van der Waals surface area contributed by atoms with Crippen molar-refractivity contribution in [1.29, 1.82) is 0 Å². The Kier molecular flexibility index (Phi) is 6.53. The zero-order valence-corrected chi connectivity index (χ0v) is 15.6. The van der Waals surface area contributed by atoms with Crippen molar-refractivity contribution in [2.24, 2.45) is 0 Å². The number of sulfonamides is 1. The van der Waals surface area contributed by atoms with Gasteiger partial charge in [-0.25, -0.2) is 8.42 Å². The Balaban J connectivity index is 2.33. The molecule has 0 aliphatic carbocycles. The van der Waals surface area contributed by atoms with E-state index in [1.807, 2.05) is 12.1 Å². The van der Waals surface area contributed by atoms with Crippen LogP contribution in [0.25, 0.3) is 0 Å². The molecule has 0 radical (unpaired) electrons. The summed E-state index contributed by atoms with van der Waals surface area (Å²) in [5.41, 5.74) is 0.817. The highest BCUT2D eigenvalue weighted by Crippen LogP contribution is 2.26. The second-order valence-electron chi connectivity index (χ2n) is 5.07. The SMILES string of the molecule is COc1ccc(CN(CCC=O)S(=O)(=O)c2ccccc2Br)cc1. The number of hydrogen-bond acceptors (Lipinski definition) is 4. The highest BCUT2D eigenvalue weighted by atomic mass is 79.9. The Morgan fingerprint density at radius 1 is 1.12 bits per heavy atom. The topological polar surface area (TPSA) is 63.7 Å². The molecule has 0 aliphatic rings. The minimum atomic E-state index is -3.72. The van der Waals surface area contributed by atoms with Crippen LogP contribution < -0.4 is 4.74 Å². The van der Waals surface area contributed by atoms with Gasteiger partial charge in [0, 0.05) is 24.0 Å². The van der Waals surface area contributed by atoms with Gasteiger partial charge in [-0.15, -0.1) is 0 Å².